The first-order chi connectivity index (χ1) is 11.6. The SMILES string of the molecule is Cc1cccc(OCC(=O)NC(C)c2ccc3c(c2)OCCO3)c1. The van der Waals surface area contributed by atoms with Gasteiger partial charge in [-0.05, 0) is 49.2 Å². The van der Waals surface area contributed by atoms with E-state index in [0.29, 0.717) is 19.0 Å². The van der Waals surface area contributed by atoms with Gasteiger partial charge in [-0.1, -0.05) is 18.2 Å². The second-order valence-electron chi connectivity index (χ2n) is 5.80. The monoisotopic (exact) mass is 327 g/mol. The molecule has 1 amide bonds. The van der Waals surface area contributed by atoms with E-state index in [4.69, 9.17) is 14.2 Å². The number of ether oxygens (including phenoxy) is 3. The molecule has 2 aromatic rings. The van der Waals surface area contributed by atoms with Crippen LogP contribution >= 0.6 is 0 Å². The molecule has 0 aromatic heterocycles. The van der Waals surface area contributed by atoms with Crippen LogP contribution < -0.4 is 19.5 Å². The maximum Gasteiger partial charge on any atom is 0.258 e. The molecule has 0 aliphatic carbocycles. The van der Waals surface area contributed by atoms with Crippen molar-refractivity contribution in [2.75, 3.05) is 19.8 Å². The van der Waals surface area contributed by atoms with Crippen LogP contribution in [0.5, 0.6) is 17.2 Å². The molecule has 0 saturated carbocycles. The number of amides is 1. The minimum Gasteiger partial charge on any atom is -0.486 e. The van der Waals surface area contributed by atoms with Gasteiger partial charge in [-0.3, -0.25) is 4.79 Å². The van der Waals surface area contributed by atoms with Crippen molar-refractivity contribution >= 4 is 5.91 Å². The molecule has 5 heteroatoms. The fourth-order valence-corrected chi connectivity index (χ4v) is 2.55. The average Bonchev–Trinajstić information content (AvgIpc) is 2.59. The molecule has 1 N–H and O–H groups in total. The summed E-state index contributed by atoms with van der Waals surface area (Å²) in [5.41, 5.74) is 2.06. The highest BCUT2D eigenvalue weighted by Crippen LogP contribution is 2.32. The summed E-state index contributed by atoms with van der Waals surface area (Å²) in [4.78, 5) is 12.1. The van der Waals surface area contributed by atoms with E-state index in [2.05, 4.69) is 5.32 Å². The Kier molecular flexibility index (Phi) is 4.89. The van der Waals surface area contributed by atoms with Gasteiger partial charge in [-0.15, -0.1) is 0 Å². The van der Waals surface area contributed by atoms with E-state index in [9.17, 15) is 4.79 Å². The molecule has 1 atom stereocenters. The summed E-state index contributed by atoms with van der Waals surface area (Å²) in [5.74, 6) is 1.98. The highest BCUT2D eigenvalue weighted by atomic mass is 16.6. The fourth-order valence-electron chi connectivity index (χ4n) is 2.55. The van der Waals surface area contributed by atoms with E-state index in [-0.39, 0.29) is 18.6 Å². The van der Waals surface area contributed by atoms with Gasteiger partial charge in [0, 0.05) is 0 Å². The molecule has 5 nitrogen and oxygen atoms in total. The van der Waals surface area contributed by atoms with Crippen molar-refractivity contribution in [1.29, 1.82) is 0 Å². The van der Waals surface area contributed by atoms with E-state index in [1.165, 1.54) is 0 Å². The van der Waals surface area contributed by atoms with E-state index in [0.717, 1.165) is 22.6 Å². The van der Waals surface area contributed by atoms with Crippen molar-refractivity contribution in [2.45, 2.75) is 19.9 Å². The molecule has 126 valence electrons. The lowest BCUT2D eigenvalue weighted by molar-refractivity contribution is -0.123. The molecule has 1 heterocycles. The van der Waals surface area contributed by atoms with Gasteiger partial charge >= 0.3 is 0 Å². The summed E-state index contributed by atoms with van der Waals surface area (Å²) >= 11 is 0. The lowest BCUT2D eigenvalue weighted by Gasteiger charge is -2.21. The summed E-state index contributed by atoms with van der Waals surface area (Å²) in [5, 5.41) is 2.93. The summed E-state index contributed by atoms with van der Waals surface area (Å²) in [6, 6.07) is 13.2. The summed E-state index contributed by atoms with van der Waals surface area (Å²) in [6.45, 7) is 5.00. The zero-order valence-corrected chi connectivity index (χ0v) is 13.9. The summed E-state index contributed by atoms with van der Waals surface area (Å²) in [7, 11) is 0. The molecule has 1 aliphatic heterocycles. The molecular weight excluding hydrogens is 306 g/mol. The van der Waals surface area contributed by atoms with Gasteiger partial charge in [-0.25, -0.2) is 0 Å². The van der Waals surface area contributed by atoms with Crippen LogP contribution in [0.25, 0.3) is 0 Å². The molecule has 0 radical (unpaired) electrons. The van der Waals surface area contributed by atoms with Gasteiger partial charge < -0.3 is 19.5 Å². The molecule has 0 bridgehead atoms. The first kappa shape index (κ1) is 16.2. The van der Waals surface area contributed by atoms with Crippen molar-refractivity contribution < 1.29 is 19.0 Å². The van der Waals surface area contributed by atoms with Crippen molar-refractivity contribution in [1.82, 2.24) is 5.32 Å². The smallest absolute Gasteiger partial charge is 0.258 e. The standard InChI is InChI=1S/C19H21NO4/c1-13-4-3-5-16(10-13)24-12-19(21)20-14(2)15-6-7-17-18(11-15)23-9-8-22-17/h3-7,10-11,14H,8-9,12H2,1-2H3,(H,20,21). The van der Waals surface area contributed by atoms with Crippen LogP contribution in [0.15, 0.2) is 42.5 Å². The molecule has 1 aliphatic rings. The molecule has 1 unspecified atom stereocenters. The Morgan fingerprint density at radius 2 is 1.96 bits per heavy atom. The Morgan fingerprint density at radius 3 is 2.75 bits per heavy atom. The zero-order chi connectivity index (χ0) is 16.9. The zero-order valence-electron chi connectivity index (χ0n) is 13.9. The first-order valence-electron chi connectivity index (χ1n) is 8.00. The molecule has 24 heavy (non-hydrogen) atoms. The second-order valence-corrected chi connectivity index (χ2v) is 5.80. The maximum absolute atomic E-state index is 12.1. The first-order valence-corrected chi connectivity index (χ1v) is 8.00. The predicted octanol–water partition coefficient (Wildman–Crippen LogP) is 3.02. The third kappa shape index (κ3) is 3.98. The number of hydrogen-bond donors (Lipinski definition) is 1. The van der Waals surface area contributed by atoms with E-state index in [1.54, 1.807) is 0 Å². The van der Waals surface area contributed by atoms with Gasteiger partial charge in [0.25, 0.3) is 5.91 Å². The largest absolute Gasteiger partial charge is 0.486 e. The maximum atomic E-state index is 12.1. The van der Waals surface area contributed by atoms with Crippen LogP contribution in [0, 0.1) is 6.92 Å². The number of fused-ring (bicyclic) bond motifs is 1. The van der Waals surface area contributed by atoms with Crippen LogP contribution in [-0.4, -0.2) is 25.7 Å². The van der Waals surface area contributed by atoms with Crippen LogP contribution in [0.1, 0.15) is 24.1 Å². The number of carbonyl (C=O) groups excluding carboxylic acids is 1. The molecule has 2 aromatic carbocycles. The third-order valence-corrected chi connectivity index (χ3v) is 3.80. The lowest BCUT2D eigenvalue weighted by atomic mass is 10.1. The van der Waals surface area contributed by atoms with E-state index in [1.807, 2.05) is 56.3 Å². The van der Waals surface area contributed by atoms with E-state index < -0.39 is 0 Å². The van der Waals surface area contributed by atoms with Crippen LogP contribution in [0.4, 0.5) is 0 Å². The van der Waals surface area contributed by atoms with Gasteiger partial charge in [0.05, 0.1) is 6.04 Å². The molecule has 0 fully saturated rings. The lowest BCUT2D eigenvalue weighted by Crippen LogP contribution is -2.31. The minimum absolute atomic E-state index is 0.0155. The van der Waals surface area contributed by atoms with Crippen molar-refractivity contribution in [2.24, 2.45) is 0 Å². The van der Waals surface area contributed by atoms with Crippen LogP contribution in [-0.2, 0) is 4.79 Å². The van der Waals surface area contributed by atoms with Crippen molar-refractivity contribution in [3.05, 3.63) is 53.6 Å². The van der Waals surface area contributed by atoms with Gasteiger partial charge in [-0.2, -0.15) is 0 Å². The van der Waals surface area contributed by atoms with Gasteiger partial charge in [0.2, 0.25) is 0 Å². The number of rotatable bonds is 5. The van der Waals surface area contributed by atoms with Crippen molar-refractivity contribution in [3.63, 3.8) is 0 Å². The predicted molar refractivity (Wildman–Crippen MR) is 90.7 cm³/mol. The summed E-state index contributed by atoms with van der Waals surface area (Å²) < 4.78 is 16.6. The number of nitrogens with one attached hydrogen (secondary N) is 1. The topological polar surface area (TPSA) is 56.8 Å². The van der Waals surface area contributed by atoms with Crippen LogP contribution in [0.2, 0.25) is 0 Å². The second kappa shape index (κ2) is 7.25. The Labute approximate surface area is 141 Å². The number of benzene rings is 2. The minimum atomic E-state index is -0.168. The normalized spacial score (nSPS) is 13.9. The Morgan fingerprint density at radius 1 is 1.17 bits per heavy atom. The molecule has 3 rings (SSSR count). The number of carbonyl (C=O) groups is 1. The molecule has 0 saturated heterocycles. The van der Waals surface area contributed by atoms with Gasteiger partial charge in [0.1, 0.15) is 19.0 Å². The quantitative estimate of drug-likeness (QED) is 0.917. The Bertz CT molecular complexity index is 729. The van der Waals surface area contributed by atoms with E-state index >= 15 is 0 Å². The molecule has 0 spiro atoms. The molecular formula is C19H21NO4. The van der Waals surface area contributed by atoms with Gasteiger partial charge in [0.15, 0.2) is 18.1 Å². The number of aryl methyl sites for hydroxylation is 1. The highest BCUT2D eigenvalue weighted by molar-refractivity contribution is 5.78. The highest BCUT2D eigenvalue weighted by Gasteiger charge is 2.16. The third-order valence-electron chi connectivity index (χ3n) is 3.80. The Hall–Kier alpha value is -2.69. The number of hydrogen-bond acceptors (Lipinski definition) is 4. The van der Waals surface area contributed by atoms with Crippen LogP contribution in [0.3, 0.4) is 0 Å². The fraction of sp³-hybridized carbons (Fsp3) is 0.316. The Balaban J connectivity index is 1.56. The van der Waals surface area contributed by atoms with Crippen molar-refractivity contribution in [3.8, 4) is 17.2 Å². The average molecular weight is 327 g/mol. The summed E-state index contributed by atoms with van der Waals surface area (Å²) in [6.07, 6.45) is 0.